The Morgan fingerprint density at radius 3 is 2.38 bits per heavy atom. The van der Waals surface area contributed by atoms with Crippen LogP contribution in [0.25, 0.3) is 0 Å². The number of nitrogens with zero attached hydrogens (tertiary/aromatic N) is 1. The summed E-state index contributed by atoms with van der Waals surface area (Å²) >= 11 is 5.34. The Morgan fingerprint density at radius 1 is 1.25 bits per heavy atom. The van der Waals surface area contributed by atoms with Gasteiger partial charge in [-0.05, 0) is 37.2 Å². The summed E-state index contributed by atoms with van der Waals surface area (Å²) in [6, 6.07) is 10.1. The van der Waals surface area contributed by atoms with Gasteiger partial charge in [0.2, 0.25) is 0 Å². The van der Waals surface area contributed by atoms with Crippen molar-refractivity contribution in [2.45, 2.75) is 26.4 Å². The minimum Gasteiger partial charge on any atom is -0.342 e. The van der Waals surface area contributed by atoms with Crippen molar-refractivity contribution in [2.24, 2.45) is 5.92 Å². The maximum Gasteiger partial charge on any atom is 0.189 e. The molecule has 3 nitrogen and oxygen atoms in total. The lowest BCUT2D eigenvalue weighted by Crippen LogP contribution is -2.52. The van der Waals surface area contributed by atoms with Gasteiger partial charge in [-0.1, -0.05) is 32.0 Å². The Morgan fingerprint density at radius 2 is 1.88 bits per heavy atom. The van der Waals surface area contributed by atoms with E-state index in [1.807, 2.05) is 35.3 Å². The minimum absolute atomic E-state index is 0.174. The van der Waals surface area contributed by atoms with Crippen molar-refractivity contribution in [3.8, 4) is 0 Å². The molecule has 0 saturated carbocycles. The second kappa shape index (κ2) is 4.03. The Kier molecular flexibility index (Phi) is 2.86. The third kappa shape index (κ3) is 1.90. The van der Waals surface area contributed by atoms with Crippen LogP contribution >= 0.6 is 12.2 Å². The smallest absolute Gasteiger partial charge is 0.189 e. The molecule has 4 heteroatoms. The molecule has 0 aromatic heterocycles. The second-order valence-corrected chi connectivity index (χ2v) is 4.96. The third-order valence-corrected chi connectivity index (χ3v) is 3.37. The zero-order chi connectivity index (χ0) is 11.8. The Balaban J connectivity index is 2.24. The van der Waals surface area contributed by atoms with Gasteiger partial charge >= 0.3 is 0 Å². The Hall–Kier alpha value is -1.13. The molecule has 2 rings (SSSR count). The number of thiocarbonyl (C=S) groups is 1. The van der Waals surface area contributed by atoms with E-state index in [1.54, 1.807) is 0 Å². The Labute approximate surface area is 102 Å². The van der Waals surface area contributed by atoms with Crippen LogP contribution in [0.2, 0.25) is 0 Å². The van der Waals surface area contributed by atoms with Crippen LogP contribution in [0.1, 0.15) is 20.8 Å². The van der Waals surface area contributed by atoms with Gasteiger partial charge in [-0.15, -0.1) is 0 Å². The van der Waals surface area contributed by atoms with Crippen molar-refractivity contribution in [2.75, 3.05) is 5.01 Å². The van der Waals surface area contributed by atoms with E-state index in [2.05, 4.69) is 31.5 Å². The first-order valence-electron chi connectivity index (χ1n) is 5.48. The van der Waals surface area contributed by atoms with Crippen molar-refractivity contribution >= 4 is 23.0 Å². The minimum atomic E-state index is -0.174. The van der Waals surface area contributed by atoms with E-state index in [9.17, 15) is 0 Å². The fourth-order valence-corrected chi connectivity index (χ4v) is 1.98. The molecule has 0 amide bonds. The fraction of sp³-hybridized carbons (Fsp3) is 0.417. The normalized spacial score (nSPS) is 25.0. The third-order valence-electron chi connectivity index (χ3n) is 3.08. The van der Waals surface area contributed by atoms with Crippen molar-refractivity contribution in [1.82, 2.24) is 10.7 Å². The van der Waals surface area contributed by atoms with Gasteiger partial charge in [-0.25, -0.2) is 5.43 Å². The van der Waals surface area contributed by atoms with Crippen LogP contribution in [0.3, 0.4) is 0 Å². The van der Waals surface area contributed by atoms with E-state index in [-0.39, 0.29) is 5.66 Å². The molecule has 1 unspecified atom stereocenters. The number of rotatable bonds is 2. The molecule has 1 aromatic carbocycles. The van der Waals surface area contributed by atoms with Gasteiger partial charge in [0.1, 0.15) is 5.66 Å². The molecule has 0 bridgehead atoms. The Bertz CT molecular complexity index is 391. The van der Waals surface area contributed by atoms with E-state index in [0.29, 0.717) is 5.92 Å². The summed E-state index contributed by atoms with van der Waals surface area (Å²) in [6.45, 7) is 6.45. The molecular formula is C12H17N3S. The summed E-state index contributed by atoms with van der Waals surface area (Å²) in [5, 5.41) is 5.97. The van der Waals surface area contributed by atoms with E-state index >= 15 is 0 Å². The first kappa shape index (κ1) is 11.4. The molecule has 1 atom stereocenters. The quantitative estimate of drug-likeness (QED) is 0.769. The number of hydrazine groups is 1. The lowest BCUT2D eigenvalue weighted by atomic mass is 10.00. The first-order chi connectivity index (χ1) is 7.53. The lowest BCUT2D eigenvalue weighted by molar-refractivity contribution is 0.271. The highest BCUT2D eigenvalue weighted by atomic mass is 32.1. The van der Waals surface area contributed by atoms with Gasteiger partial charge in [0, 0.05) is 0 Å². The lowest BCUT2D eigenvalue weighted by Gasteiger charge is -2.29. The van der Waals surface area contributed by atoms with Gasteiger partial charge in [-0.3, -0.25) is 5.01 Å². The number of nitrogens with one attached hydrogen (secondary N) is 2. The van der Waals surface area contributed by atoms with Gasteiger partial charge in [0.15, 0.2) is 5.11 Å². The molecule has 1 heterocycles. The van der Waals surface area contributed by atoms with E-state index in [4.69, 9.17) is 12.2 Å². The molecular weight excluding hydrogens is 218 g/mol. The van der Waals surface area contributed by atoms with Crippen molar-refractivity contribution in [1.29, 1.82) is 0 Å². The van der Waals surface area contributed by atoms with Crippen molar-refractivity contribution in [3.63, 3.8) is 0 Å². The monoisotopic (exact) mass is 235 g/mol. The number of hydrogen-bond donors (Lipinski definition) is 2. The van der Waals surface area contributed by atoms with Gasteiger partial charge in [0.05, 0.1) is 5.69 Å². The molecule has 1 aliphatic rings. The van der Waals surface area contributed by atoms with Gasteiger partial charge < -0.3 is 5.32 Å². The molecule has 16 heavy (non-hydrogen) atoms. The van der Waals surface area contributed by atoms with Crippen LogP contribution in [0.15, 0.2) is 30.3 Å². The highest BCUT2D eigenvalue weighted by Gasteiger charge is 2.38. The maximum atomic E-state index is 5.34. The average Bonchev–Trinajstić information content (AvgIpc) is 2.57. The molecule has 86 valence electrons. The summed E-state index contributed by atoms with van der Waals surface area (Å²) in [5.74, 6) is 0.444. The van der Waals surface area contributed by atoms with Crippen LogP contribution in [0, 0.1) is 5.92 Å². The van der Waals surface area contributed by atoms with Crippen LogP contribution in [0.4, 0.5) is 5.69 Å². The summed E-state index contributed by atoms with van der Waals surface area (Å²) in [7, 11) is 0. The zero-order valence-corrected chi connectivity index (χ0v) is 10.6. The molecule has 1 aliphatic heterocycles. The standard InChI is InChI=1S/C12H17N3S/c1-9(2)12(3)13-11(16)15(14-12)10-7-5-4-6-8-10/h4-9,14H,1-3H3,(H,13,16). The van der Waals surface area contributed by atoms with Gasteiger partial charge in [0.25, 0.3) is 0 Å². The van der Waals surface area contributed by atoms with Crippen LogP contribution in [0.5, 0.6) is 0 Å². The summed E-state index contributed by atoms with van der Waals surface area (Å²) in [5.41, 5.74) is 4.30. The second-order valence-electron chi connectivity index (χ2n) is 4.57. The highest BCUT2D eigenvalue weighted by molar-refractivity contribution is 7.80. The van der Waals surface area contributed by atoms with Crippen LogP contribution in [-0.4, -0.2) is 10.8 Å². The summed E-state index contributed by atoms with van der Waals surface area (Å²) in [6.07, 6.45) is 0. The van der Waals surface area contributed by atoms with E-state index < -0.39 is 0 Å². The van der Waals surface area contributed by atoms with Crippen LogP contribution in [-0.2, 0) is 0 Å². The summed E-state index contributed by atoms with van der Waals surface area (Å²) in [4.78, 5) is 0. The van der Waals surface area contributed by atoms with Crippen molar-refractivity contribution in [3.05, 3.63) is 30.3 Å². The van der Waals surface area contributed by atoms with Gasteiger partial charge in [-0.2, -0.15) is 0 Å². The number of para-hydroxylation sites is 1. The molecule has 0 radical (unpaired) electrons. The van der Waals surface area contributed by atoms with Crippen LogP contribution < -0.4 is 15.8 Å². The van der Waals surface area contributed by atoms with E-state index in [0.717, 1.165) is 10.8 Å². The largest absolute Gasteiger partial charge is 0.342 e. The number of anilines is 1. The molecule has 1 saturated heterocycles. The molecule has 1 fully saturated rings. The fourth-order valence-electron chi connectivity index (χ4n) is 1.62. The van der Waals surface area contributed by atoms with E-state index in [1.165, 1.54) is 0 Å². The number of benzene rings is 1. The topological polar surface area (TPSA) is 27.3 Å². The first-order valence-corrected chi connectivity index (χ1v) is 5.89. The highest BCUT2D eigenvalue weighted by Crippen LogP contribution is 2.23. The molecule has 0 aliphatic carbocycles. The predicted octanol–water partition coefficient (Wildman–Crippen LogP) is 2.26. The average molecular weight is 235 g/mol. The molecule has 0 spiro atoms. The predicted molar refractivity (Wildman–Crippen MR) is 71.0 cm³/mol. The molecule has 1 aromatic rings. The summed E-state index contributed by atoms with van der Waals surface area (Å²) < 4.78 is 0. The maximum absolute atomic E-state index is 5.34. The number of hydrogen-bond acceptors (Lipinski definition) is 2. The van der Waals surface area contributed by atoms with Crippen molar-refractivity contribution < 1.29 is 0 Å². The SMILES string of the molecule is CC(C)C1(C)NC(=S)N(c2ccccc2)N1. The molecule has 2 N–H and O–H groups in total. The zero-order valence-electron chi connectivity index (χ0n) is 9.82.